The van der Waals surface area contributed by atoms with E-state index in [0.717, 1.165) is 37.2 Å². The second-order valence-electron chi connectivity index (χ2n) is 7.94. The number of benzene rings is 1. The van der Waals surface area contributed by atoms with E-state index < -0.39 is 0 Å². The van der Waals surface area contributed by atoms with Crippen LogP contribution in [0.15, 0.2) is 29.3 Å². The minimum Gasteiger partial charge on any atom is -0.493 e. The molecule has 1 fully saturated rings. The zero-order valence-corrected chi connectivity index (χ0v) is 16.5. The fraction of sp³-hybridized carbons (Fsp3) is 0.667. The van der Waals surface area contributed by atoms with Gasteiger partial charge in [0.2, 0.25) is 0 Å². The molecule has 0 aliphatic carbocycles. The van der Waals surface area contributed by atoms with E-state index in [1.807, 2.05) is 13.1 Å². The molecule has 3 rings (SSSR count). The molecule has 2 aliphatic heterocycles. The molecule has 0 radical (unpaired) electrons. The lowest BCUT2D eigenvalue weighted by atomic mass is 9.93. The third-order valence-corrected chi connectivity index (χ3v) is 5.37. The molecule has 0 bridgehead atoms. The minimum absolute atomic E-state index is 0.478. The number of likely N-dealkylation sites (tertiary alicyclic amines) is 1. The maximum atomic E-state index is 5.77. The van der Waals surface area contributed by atoms with Gasteiger partial charge in [-0.05, 0) is 36.8 Å². The third kappa shape index (κ3) is 5.13. The first-order valence-electron chi connectivity index (χ1n) is 10.1. The van der Waals surface area contributed by atoms with Gasteiger partial charge in [0.25, 0.3) is 0 Å². The monoisotopic (exact) mass is 358 g/mol. The highest BCUT2D eigenvalue weighted by Gasteiger charge is 2.23. The number of piperidine rings is 1. The van der Waals surface area contributed by atoms with Crippen molar-refractivity contribution in [3.8, 4) is 5.75 Å². The van der Waals surface area contributed by atoms with Crippen molar-refractivity contribution < 1.29 is 4.74 Å². The number of nitrogens with one attached hydrogen (secondary N) is 2. The Morgan fingerprint density at radius 1 is 1.23 bits per heavy atom. The van der Waals surface area contributed by atoms with Crippen molar-refractivity contribution in [1.29, 1.82) is 0 Å². The quantitative estimate of drug-likeness (QED) is 0.628. The lowest BCUT2D eigenvalue weighted by molar-refractivity contribution is 0.186. The summed E-state index contributed by atoms with van der Waals surface area (Å²) < 4.78 is 5.77. The van der Waals surface area contributed by atoms with Gasteiger partial charge >= 0.3 is 0 Å². The molecular formula is C21H34N4O. The van der Waals surface area contributed by atoms with Gasteiger partial charge < -0.3 is 20.3 Å². The number of ether oxygens (including phenoxy) is 1. The SMILES string of the molecule is CN=C(NCC1CCOc2ccccc21)NC1CCN(CC(C)C)CC1. The average molecular weight is 359 g/mol. The number of para-hydroxylation sites is 1. The molecule has 144 valence electrons. The van der Waals surface area contributed by atoms with Gasteiger partial charge in [-0.15, -0.1) is 0 Å². The summed E-state index contributed by atoms with van der Waals surface area (Å²) in [6.07, 6.45) is 3.43. The molecule has 0 aromatic heterocycles. The van der Waals surface area contributed by atoms with Gasteiger partial charge in [-0.25, -0.2) is 0 Å². The van der Waals surface area contributed by atoms with E-state index >= 15 is 0 Å². The second kappa shape index (κ2) is 9.26. The molecule has 1 aromatic rings. The van der Waals surface area contributed by atoms with Crippen LogP contribution in [0.4, 0.5) is 0 Å². The topological polar surface area (TPSA) is 48.9 Å². The molecule has 5 heteroatoms. The summed E-state index contributed by atoms with van der Waals surface area (Å²) in [6.45, 7) is 9.86. The van der Waals surface area contributed by atoms with E-state index in [0.29, 0.717) is 12.0 Å². The predicted molar refractivity (Wildman–Crippen MR) is 108 cm³/mol. The van der Waals surface area contributed by atoms with Crippen molar-refractivity contribution in [3.05, 3.63) is 29.8 Å². The van der Waals surface area contributed by atoms with Crippen LogP contribution in [0.1, 0.15) is 44.6 Å². The molecule has 2 heterocycles. The zero-order chi connectivity index (χ0) is 18.4. The van der Waals surface area contributed by atoms with Gasteiger partial charge in [-0.2, -0.15) is 0 Å². The van der Waals surface area contributed by atoms with Gasteiger partial charge in [0.05, 0.1) is 6.61 Å². The Kier molecular flexibility index (Phi) is 6.78. The Labute approximate surface area is 158 Å². The van der Waals surface area contributed by atoms with E-state index in [1.165, 1.54) is 38.0 Å². The number of hydrogen-bond acceptors (Lipinski definition) is 3. The summed E-state index contributed by atoms with van der Waals surface area (Å²) in [7, 11) is 1.86. The Morgan fingerprint density at radius 2 is 2.00 bits per heavy atom. The molecular weight excluding hydrogens is 324 g/mol. The van der Waals surface area contributed by atoms with E-state index in [9.17, 15) is 0 Å². The summed E-state index contributed by atoms with van der Waals surface area (Å²) in [6, 6.07) is 8.91. The molecule has 1 aromatic carbocycles. The Balaban J connectivity index is 1.46. The number of nitrogens with zero attached hydrogens (tertiary/aromatic N) is 2. The molecule has 0 spiro atoms. The maximum Gasteiger partial charge on any atom is 0.191 e. The van der Waals surface area contributed by atoms with Gasteiger partial charge in [0.1, 0.15) is 5.75 Å². The van der Waals surface area contributed by atoms with Gasteiger partial charge in [0.15, 0.2) is 5.96 Å². The predicted octanol–water partition coefficient (Wildman–Crippen LogP) is 2.84. The molecule has 1 unspecified atom stereocenters. The minimum atomic E-state index is 0.478. The van der Waals surface area contributed by atoms with Gasteiger partial charge in [-0.1, -0.05) is 32.0 Å². The van der Waals surface area contributed by atoms with Crippen molar-refractivity contribution in [2.75, 3.05) is 39.8 Å². The van der Waals surface area contributed by atoms with Crippen LogP contribution < -0.4 is 15.4 Å². The fourth-order valence-corrected chi connectivity index (χ4v) is 4.01. The van der Waals surface area contributed by atoms with E-state index in [-0.39, 0.29) is 0 Å². The van der Waals surface area contributed by atoms with Crippen molar-refractivity contribution in [3.63, 3.8) is 0 Å². The van der Waals surface area contributed by atoms with E-state index in [1.54, 1.807) is 0 Å². The van der Waals surface area contributed by atoms with E-state index in [4.69, 9.17) is 4.74 Å². The van der Waals surface area contributed by atoms with Crippen LogP contribution in [-0.4, -0.2) is 56.7 Å². The zero-order valence-electron chi connectivity index (χ0n) is 16.5. The van der Waals surface area contributed by atoms with E-state index in [2.05, 4.69) is 52.6 Å². The Morgan fingerprint density at radius 3 is 2.73 bits per heavy atom. The summed E-state index contributed by atoms with van der Waals surface area (Å²) in [5.41, 5.74) is 1.31. The van der Waals surface area contributed by atoms with Crippen LogP contribution in [0, 0.1) is 5.92 Å². The molecule has 2 N–H and O–H groups in total. The number of hydrogen-bond donors (Lipinski definition) is 2. The highest BCUT2D eigenvalue weighted by Crippen LogP contribution is 2.32. The average Bonchev–Trinajstić information content (AvgIpc) is 2.66. The molecule has 1 saturated heterocycles. The summed E-state index contributed by atoms with van der Waals surface area (Å²) in [4.78, 5) is 7.02. The molecule has 26 heavy (non-hydrogen) atoms. The fourth-order valence-electron chi connectivity index (χ4n) is 4.01. The van der Waals surface area contributed by atoms with Crippen LogP contribution in [0.3, 0.4) is 0 Å². The van der Waals surface area contributed by atoms with Crippen molar-refractivity contribution in [1.82, 2.24) is 15.5 Å². The smallest absolute Gasteiger partial charge is 0.191 e. The second-order valence-corrected chi connectivity index (χ2v) is 7.94. The first-order valence-corrected chi connectivity index (χ1v) is 10.1. The van der Waals surface area contributed by atoms with Crippen LogP contribution in [0.2, 0.25) is 0 Å². The number of rotatable bonds is 5. The van der Waals surface area contributed by atoms with Gasteiger partial charge in [0, 0.05) is 45.2 Å². The molecule has 5 nitrogen and oxygen atoms in total. The summed E-state index contributed by atoms with van der Waals surface area (Å²) >= 11 is 0. The van der Waals surface area contributed by atoms with Crippen LogP contribution in [0.5, 0.6) is 5.75 Å². The van der Waals surface area contributed by atoms with Crippen molar-refractivity contribution in [2.45, 2.75) is 45.1 Å². The standard InChI is InChI=1S/C21H34N4O/c1-16(2)15-25-11-8-18(9-12-25)24-21(22-3)23-14-17-10-13-26-20-7-5-4-6-19(17)20/h4-7,16-18H,8-15H2,1-3H3,(H2,22,23,24). The number of guanidine groups is 1. The van der Waals surface area contributed by atoms with Crippen LogP contribution >= 0.6 is 0 Å². The summed E-state index contributed by atoms with van der Waals surface area (Å²) in [5.74, 6) is 3.19. The molecule has 0 saturated carbocycles. The first kappa shape index (κ1) is 19.0. The molecule has 2 aliphatic rings. The normalized spacial score (nSPS) is 22.0. The van der Waals surface area contributed by atoms with Crippen molar-refractivity contribution >= 4 is 5.96 Å². The molecule has 1 atom stereocenters. The summed E-state index contributed by atoms with van der Waals surface area (Å²) in [5, 5.41) is 7.16. The molecule has 0 amide bonds. The van der Waals surface area contributed by atoms with Crippen LogP contribution in [0.25, 0.3) is 0 Å². The lowest BCUT2D eigenvalue weighted by Crippen LogP contribution is -2.49. The third-order valence-electron chi connectivity index (χ3n) is 5.37. The highest BCUT2D eigenvalue weighted by molar-refractivity contribution is 5.80. The first-order chi connectivity index (χ1) is 12.7. The highest BCUT2D eigenvalue weighted by atomic mass is 16.5. The maximum absolute atomic E-state index is 5.77. The van der Waals surface area contributed by atoms with Gasteiger partial charge in [-0.3, -0.25) is 4.99 Å². The Hall–Kier alpha value is -1.75. The largest absolute Gasteiger partial charge is 0.493 e. The number of fused-ring (bicyclic) bond motifs is 1. The van der Waals surface area contributed by atoms with Crippen LogP contribution in [-0.2, 0) is 0 Å². The Bertz CT molecular complexity index is 593. The lowest BCUT2D eigenvalue weighted by Gasteiger charge is -2.34. The number of aliphatic imine (C=N–C) groups is 1. The van der Waals surface area contributed by atoms with Crippen molar-refractivity contribution in [2.24, 2.45) is 10.9 Å².